The molecule has 3 heteroatoms. The maximum Gasteiger partial charge on any atom is 0.140 e. The number of nitrogens with one attached hydrogen (secondary N) is 1. The van der Waals surface area contributed by atoms with E-state index < -0.39 is 0 Å². The SMILES string of the molecule is CC(C)NCc1ccc(Oc2ccccc2I)cc1. The minimum atomic E-state index is 0.502. The molecule has 2 nitrogen and oxygen atoms in total. The second-order valence-corrected chi connectivity index (χ2v) is 5.87. The first kappa shape index (κ1) is 14.3. The van der Waals surface area contributed by atoms with Crippen molar-refractivity contribution in [1.29, 1.82) is 0 Å². The zero-order valence-corrected chi connectivity index (χ0v) is 13.3. The first-order valence-corrected chi connectivity index (χ1v) is 7.48. The molecular weight excluding hydrogens is 349 g/mol. The van der Waals surface area contributed by atoms with Gasteiger partial charge in [0.25, 0.3) is 0 Å². The largest absolute Gasteiger partial charge is 0.456 e. The average Bonchev–Trinajstić information content (AvgIpc) is 2.40. The van der Waals surface area contributed by atoms with Crippen LogP contribution in [0.25, 0.3) is 0 Å². The van der Waals surface area contributed by atoms with Crippen molar-refractivity contribution in [3.05, 3.63) is 57.7 Å². The predicted molar refractivity (Wildman–Crippen MR) is 87.7 cm³/mol. The molecule has 0 fully saturated rings. The van der Waals surface area contributed by atoms with Crippen LogP contribution in [0, 0.1) is 3.57 Å². The van der Waals surface area contributed by atoms with Crippen LogP contribution in [0.4, 0.5) is 0 Å². The fourth-order valence-corrected chi connectivity index (χ4v) is 2.15. The second-order valence-electron chi connectivity index (χ2n) is 4.71. The third kappa shape index (κ3) is 4.51. The van der Waals surface area contributed by atoms with Crippen molar-refractivity contribution in [3.8, 4) is 11.5 Å². The third-order valence-corrected chi connectivity index (χ3v) is 3.59. The molecule has 0 aliphatic rings. The predicted octanol–water partition coefficient (Wildman–Crippen LogP) is 4.58. The molecule has 0 bridgehead atoms. The quantitative estimate of drug-likeness (QED) is 0.781. The molecule has 0 radical (unpaired) electrons. The Kier molecular flexibility index (Phi) is 5.22. The average molecular weight is 367 g/mol. The molecule has 19 heavy (non-hydrogen) atoms. The minimum absolute atomic E-state index is 0.502. The third-order valence-electron chi connectivity index (χ3n) is 2.70. The molecule has 0 amide bonds. The lowest BCUT2D eigenvalue weighted by Crippen LogP contribution is -2.21. The number of halogens is 1. The van der Waals surface area contributed by atoms with Crippen LogP contribution in [-0.2, 0) is 6.54 Å². The summed E-state index contributed by atoms with van der Waals surface area (Å²) in [7, 11) is 0. The van der Waals surface area contributed by atoms with Crippen molar-refractivity contribution >= 4 is 22.6 Å². The van der Waals surface area contributed by atoms with E-state index >= 15 is 0 Å². The molecule has 0 unspecified atom stereocenters. The lowest BCUT2D eigenvalue weighted by Gasteiger charge is -2.10. The van der Waals surface area contributed by atoms with Gasteiger partial charge in [-0.1, -0.05) is 38.1 Å². The van der Waals surface area contributed by atoms with Crippen LogP contribution >= 0.6 is 22.6 Å². The summed E-state index contributed by atoms with van der Waals surface area (Å²) in [6.45, 7) is 5.18. The van der Waals surface area contributed by atoms with Gasteiger partial charge in [-0.05, 0) is 52.4 Å². The molecule has 0 spiro atoms. The Morgan fingerprint density at radius 2 is 1.74 bits per heavy atom. The van der Waals surface area contributed by atoms with E-state index in [0.29, 0.717) is 6.04 Å². The van der Waals surface area contributed by atoms with Crippen molar-refractivity contribution < 1.29 is 4.74 Å². The van der Waals surface area contributed by atoms with Crippen LogP contribution in [0.3, 0.4) is 0 Å². The van der Waals surface area contributed by atoms with Gasteiger partial charge in [0, 0.05) is 12.6 Å². The van der Waals surface area contributed by atoms with Gasteiger partial charge in [0.2, 0.25) is 0 Å². The second kappa shape index (κ2) is 6.91. The van der Waals surface area contributed by atoms with Gasteiger partial charge in [0.1, 0.15) is 11.5 Å². The fraction of sp³-hybridized carbons (Fsp3) is 0.250. The van der Waals surface area contributed by atoms with E-state index in [1.54, 1.807) is 0 Å². The van der Waals surface area contributed by atoms with Crippen molar-refractivity contribution in [2.24, 2.45) is 0 Å². The molecule has 2 aromatic carbocycles. The lowest BCUT2D eigenvalue weighted by molar-refractivity contribution is 0.479. The summed E-state index contributed by atoms with van der Waals surface area (Å²) >= 11 is 2.28. The fourth-order valence-electron chi connectivity index (χ4n) is 1.65. The topological polar surface area (TPSA) is 21.3 Å². The Balaban J connectivity index is 2.01. The number of hydrogen-bond donors (Lipinski definition) is 1. The molecule has 0 aromatic heterocycles. The van der Waals surface area contributed by atoms with E-state index in [-0.39, 0.29) is 0 Å². The number of para-hydroxylation sites is 1. The van der Waals surface area contributed by atoms with E-state index in [2.05, 4.69) is 53.9 Å². The molecule has 0 atom stereocenters. The van der Waals surface area contributed by atoms with Crippen molar-refractivity contribution in [1.82, 2.24) is 5.32 Å². The van der Waals surface area contributed by atoms with Crippen LogP contribution in [-0.4, -0.2) is 6.04 Å². The molecule has 0 saturated carbocycles. The van der Waals surface area contributed by atoms with Gasteiger partial charge in [-0.2, -0.15) is 0 Å². The molecule has 2 rings (SSSR count). The monoisotopic (exact) mass is 367 g/mol. The summed E-state index contributed by atoms with van der Waals surface area (Å²) < 4.78 is 6.98. The summed E-state index contributed by atoms with van der Waals surface area (Å²) in [4.78, 5) is 0. The van der Waals surface area contributed by atoms with Crippen LogP contribution in [0.15, 0.2) is 48.5 Å². The Morgan fingerprint density at radius 3 is 2.37 bits per heavy atom. The summed E-state index contributed by atoms with van der Waals surface area (Å²) in [5.41, 5.74) is 1.27. The number of rotatable bonds is 5. The Hall–Kier alpha value is -1.07. The highest BCUT2D eigenvalue weighted by Gasteiger charge is 2.02. The van der Waals surface area contributed by atoms with Gasteiger partial charge >= 0.3 is 0 Å². The first-order valence-electron chi connectivity index (χ1n) is 6.40. The van der Waals surface area contributed by atoms with Crippen molar-refractivity contribution in [2.75, 3.05) is 0 Å². The normalized spacial score (nSPS) is 10.7. The molecular formula is C16H18INO. The van der Waals surface area contributed by atoms with Gasteiger partial charge in [0.15, 0.2) is 0 Å². The lowest BCUT2D eigenvalue weighted by atomic mass is 10.2. The molecule has 0 aliphatic carbocycles. The first-order chi connectivity index (χ1) is 9.15. The summed E-state index contributed by atoms with van der Waals surface area (Å²) in [5, 5.41) is 3.40. The maximum atomic E-state index is 5.86. The number of benzene rings is 2. The van der Waals surface area contributed by atoms with Crippen molar-refractivity contribution in [2.45, 2.75) is 26.4 Å². The van der Waals surface area contributed by atoms with Crippen molar-refractivity contribution in [3.63, 3.8) is 0 Å². The van der Waals surface area contributed by atoms with E-state index in [0.717, 1.165) is 21.6 Å². The minimum Gasteiger partial charge on any atom is -0.456 e. The van der Waals surface area contributed by atoms with E-state index in [1.165, 1.54) is 5.56 Å². The highest BCUT2D eigenvalue weighted by molar-refractivity contribution is 14.1. The molecule has 2 aromatic rings. The maximum absolute atomic E-state index is 5.86. The zero-order chi connectivity index (χ0) is 13.7. The Bertz CT molecular complexity index is 523. The summed E-state index contributed by atoms with van der Waals surface area (Å²) in [6.07, 6.45) is 0. The molecule has 0 saturated heterocycles. The van der Waals surface area contributed by atoms with Crippen LogP contribution < -0.4 is 10.1 Å². The summed E-state index contributed by atoms with van der Waals surface area (Å²) in [6, 6.07) is 16.7. The van der Waals surface area contributed by atoms with E-state index in [4.69, 9.17) is 4.74 Å². The molecule has 0 aliphatic heterocycles. The Morgan fingerprint density at radius 1 is 1.05 bits per heavy atom. The van der Waals surface area contributed by atoms with E-state index in [9.17, 15) is 0 Å². The molecule has 100 valence electrons. The van der Waals surface area contributed by atoms with Crippen LogP contribution in [0.5, 0.6) is 11.5 Å². The smallest absolute Gasteiger partial charge is 0.140 e. The van der Waals surface area contributed by atoms with Gasteiger partial charge in [-0.25, -0.2) is 0 Å². The van der Waals surface area contributed by atoms with Crippen LogP contribution in [0.1, 0.15) is 19.4 Å². The molecule has 1 N–H and O–H groups in total. The van der Waals surface area contributed by atoms with E-state index in [1.807, 2.05) is 36.4 Å². The highest BCUT2D eigenvalue weighted by atomic mass is 127. The Labute approximate surface area is 128 Å². The number of hydrogen-bond acceptors (Lipinski definition) is 2. The standard InChI is InChI=1S/C16H18INO/c1-12(2)18-11-13-7-9-14(10-8-13)19-16-6-4-3-5-15(16)17/h3-10,12,18H,11H2,1-2H3. The van der Waals surface area contributed by atoms with Crippen LogP contribution in [0.2, 0.25) is 0 Å². The zero-order valence-electron chi connectivity index (χ0n) is 11.2. The van der Waals surface area contributed by atoms with Gasteiger partial charge < -0.3 is 10.1 Å². The molecule has 0 heterocycles. The summed E-state index contributed by atoms with van der Waals surface area (Å²) in [5.74, 6) is 1.77. The van der Waals surface area contributed by atoms with Gasteiger partial charge in [-0.15, -0.1) is 0 Å². The highest BCUT2D eigenvalue weighted by Crippen LogP contribution is 2.26. The van der Waals surface area contributed by atoms with Gasteiger partial charge in [-0.3, -0.25) is 0 Å². The number of ether oxygens (including phenoxy) is 1. The van der Waals surface area contributed by atoms with Gasteiger partial charge in [0.05, 0.1) is 3.57 Å².